The molecule has 1 aliphatic carbocycles. The molecule has 2 aromatic rings. The number of anilines is 1. The third kappa shape index (κ3) is 3.32. The number of hydrogen-bond acceptors (Lipinski definition) is 5. The van der Waals surface area contributed by atoms with Crippen LogP contribution in [0.25, 0.3) is 11.4 Å². The molecule has 0 saturated carbocycles. The van der Waals surface area contributed by atoms with Crippen molar-refractivity contribution < 1.29 is 4.79 Å². The highest BCUT2D eigenvalue weighted by atomic mass is 16.1. The maximum atomic E-state index is 12.0. The Balaban J connectivity index is 1.58. The van der Waals surface area contributed by atoms with Crippen molar-refractivity contribution in [3.8, 4) is 11.4 Å². The van der Waals surface area contributed by atoms with Crippen LogP contribution >= 0.6 is 0 Å². The number of hydrogen-bond donors (Lipinski definition) is 3. The summed E-state index contributed by atoms with van der Waals surface area (Å²) in [5.74, 6) is 0.752. The van der Waals surface area contributed by atoms with Crippen LogP contribution in [0.2, 0.25) is 0 Å². The lowest BCUT2D eigenvalue weighted by atomic mass is 10.0. The number of allylic oxidation sites excluding steroid dienone is 1. The summed E-state index contributed by atoms with van der Waals surface area (Å²) in [6.45, 7) is 0. The van der Waals surface area contributed by atoms with Crippen LogP contribution in [-0.2, 0) is 4.79 Å². The van der Waals surface area contributed by atoms with Gasteiger partial charge >= 0.3 is 0 Å². The smallest absolute Gasteiger partial charge is 0.224 e. The first-order valence-electron chi connectivity index (χ1n) is 6.78. The first kappa shape index (κ1) is 13.4. The van der Waals surface area contributed by atoms with E-state index in [4.69, 9.17) is 5.73 Å². The fourth-order valence-corrected chi connectivity index (χ4v) is 2.39. The van der Waals surface area contributed by atoms with Gasteiger partial charge in [-0.3, -0.25) is 4.79 Å². The van der Waals surface area contributed by atoms with Crippen LogP contribution in [0.5, 0.6) is 0 Å². The first-order chi connectivity index (χ1) is 10.2. The summed E-state index contributed by atoms with van der Waals surface area (Å²) in [6.07, 6.45) is 5.27. The fraction of sp³-hybridized carbons (Fsp3) is 0.286. The molecule has 1 heterocycles. The molecule has 0 radical (unpaired) electrons. The maximum absolute atomic E-state index is 12.0. The van der Waals surface area contributed by atoms with E-state index in [9.17, 15) is 4.79 Å². The maximum Gasteiger partial charge on any atom is 0.224 e. The van der Waals surface area contributed by atoms with Crippen LogP contribution < -0.4 is 11.1 Å². The molecule has 108 valence electrons. The number of tetrazole rings is 1. The predicted octanol–water partition coefficient (Wildman–Crippen LogP) is 1.10. The molecule has 1 aromatic heterocycles. The molecule has 3 rings (SSSR count). The molecule has 0 spiro atoms. The van der Waals surface area contributed by atoms with E-state index < -0.39 is 0 Å². The summed E-state index contributed by atoms with van der Waals surface area (Å²) in [5.41, 5.74) is 7.37. The minimum absolute atomic E-state index is 0.00828. The lowest BCUT2D eigenvalue weighted by Gasteiger charge is -2.10. The number of nitrogens with zero attached hydrogens (tertiary/aromatic N) is 3. The fourth-order valence-electron chi connectivity index (χ4n) is 2.39. The Morgan fingerprint density at radius 1 is 1.33 bits per heavy atom. The van der Waals surface area contributed by atoms with Gasteiger partial charge in [0.05, 0.1) is 0 Å². The minimum Gasteiger partial charge on any atom is -0.326 e. The standard InChI is InChI=1S/C14H16N6O/c15-11-4-1-9(7-11)8-13(21)16-12-5-2-10(3-6-12)14-17-19-20-18-14/h1-6,9,11H,7-8,15H2,(H,16,21)(H,17,18,19,20)/t9-,11+/m1/s1. The zero-order valence-electron chi connectivity index (χ0n) is 11.4. The second-order valence-electron chi connectivity index (χ2n) is 5.11. The van der Waals surface area contributed by atoms with Gasteiger partial charge in [-0.05, 0) is 41.8 Å². The highest BCUT2D eigenvalue weighted by molar-refractivity contribution is 5.91. The zero-order valence-corrected chi connectivity index (χ0v) is 11.4. The van der Waals surface area contributed by atoms with Crippen LogP contribution in [0, 0.1) is 5.92 Å². The molecule has 4 N–H and O–H groups in total. The van der Waals surface area contributed by atoms with Crippen molar-refractivity contribution in [1.29, 1.82) is 0 Å². The average Bonchev–Trinajstić information content (AvgIpc) is 3.11. The molecule has 0 unspecified atom stereocenters. The number of nitrogens with one attached hydrogen (secondary N) is 2. The first-order valence-corrected chi connectivity index (χ1v) is 6.78. The lowest BCUT2D eigenvalue weighted by molar-refractivity contribution is -0.116. The van der Waals surface area contributed by atoms with E-state index in [1.165, 1.54) is 0 Å². The SMILES string of the molecule is N[C@H]1C=C[C@@H](CC(=O)Nc2ccc(-c3nn[nH]n3)cc2)C1. The topological polar surface area (TPSA) is 110 Å². The molecule has 0 saturated heterocycles. The molecular weight excluding hydrogens is 268 g/mol. The molecular formula is C14H16N6O. The largest absolute Gasteiger partial charge is 0.326 e. The second-order valence-corrected chi connectivity index (χ2v) is 5.11. The van der Waals surface area contributed by atoms with Crippen molar-refractivity contribution in [2.75, 3.05) is 5.32 Å². The van der Waals surface area contributed by atoms with Crippen LogP contribution in [0.1, 0.15) is 12.8 Å². The number of carbonyl (C=O) groups is 1. The molecule has 21 heavy (non-hydrogen) atoms. The highest BCUT2D eigenvalue weighted by Crippen LogP contribution is 2.21. The Kier molecular flexibility index (Phi) is 3.74. The van der Waals surface area contributed by atoms with E-state index in [1.54, 1.807) is 0 Å². The number of amides is 1. The van der Waals surface area contributed by atoms with E-state index in [-0.39, 0.29) is 17.9 Å². The lowest BCUT2D eigenvalue weighted by Crippen LogP contribution is -2.19. The van der Waals surface area contributed by atoms with Gasteiger partial charge in [0, 0.05) is 23.7 Å². The third-order valence-electron chi connectivity index (χ3n) is 3.43. The van der Waals surface area contributed by atoms with Gasteiger partial charge in [0.1, 0.15) is 0 Å². The van der Waals surface area contributed by atoms with Gasteiger partial charge in [0.2, 0.25) is 11.7 Å². The molecule has 2 atom stereocenters. The quantitative estimate of drug-likeness (QED) is 0.728. The van der Waals surface area contributed by atoms with Crippen LogP contribution in [0.15, 0.2) is 36.4 Å². The van der Waals surface area contributed by atoms with Gasteiger partial charge in [-0.2, -0.15) is 5.21 Å². The number of rotatable bonds is 4. The highest BCUT2D eigenvalue weighted by Gasteiger charge is 2.18. The zero-order chi connectivity index (χ0) is 14.7. The van der Waals surface area contributed by atoms with Crippen LogP contribution in [0.3, 0.4) is 0 Å². The molecule has 1 aromatic carbocycles. The number of carbonyl (C=O) groups excluding carboxylic acids is 1. The van der Waals surface area contributed by atoms with E-state index in [0.29, 0.717) is 12.2 Å². The van der Waals surface area contributed by atoms with Gasteiger partial charge in [0.15, 0.2) is 0 Å². The van der Waals surface area contributed by atoms with Crippen molar-refractivity contribution in [1.82, 2.24) is 20.6 Å². The van der Waals surface area contributed by atoms with Gasteiger partial charge in [-0.15, -0.1) is 10.2 Å². The van der Waals surface area contributed by atoms with Crippen LogP contribution in [-0.4, -0.2) is 32.6 Å². The average molecular weight is 284 g/mol. The molecule has 0 aliphatic heterocycles. The van der Waals surface area contributed by atoms with E-state index >= 15 is 0 Å². The molecule has 1 amide bonds. The van der Waals surface area contributed by atoms with Gasteiger partial charge in [0.25, 0.3) is 0 Å². The van der Waals surface area contributed by atoms with E-state index in [0.717, 1.165) is 17.7 Å². The Labute approximate surface area is 121 Å². The van der Waals surface area contributed by atoms with Crippen molar-refractivity contribution in [2.45, 2.75) is 18.9 Å². The normalized spacial score (nSPS) is 20.6. The van der Waals surface area contributed by atoms with Crippen molar-refractivity contribution in [2.24, 2.45) is 11.7 Å². The van der Waals surface area contributed by atoms with Crippen molar-refractivity contribution in [3.05, 3.63) is 36.4 Å². The van der Waals surface area contributed by atoms with Crippen molar-refractivity contribution in [3.63, 3.8) is 0 Å². The molecule has 7 nitrogen and oxygen atoms in total. The Morgan fingerprint density at radius 3 is 2.76 bits per heavy atom. The summed E-state index contributed by atoms with van der Waals surface area (Å²) in [4.78, 5) is 12.0. The minimum atomic E-state index is -0.00828. The second kappa shape index (κ2) is 5.84. The predicted molar refractivity (Wildman–Crippen MR) is 78.1 cm³/mol. The van der Waals surface area contributed by atoms with Gasteiger partial charge in [-0.1, -0.05) is 12.2 Å². The Hall–Kier alpha value is -2.54. The van der Waals surface area contributed by atoms with Gasteiger partial charge in [-0.25, -0.2) is 0 Å². The van der Waals surface area contributed by atoms with E-state index in [2.05, 4.69) is 25.9 Å². The summed E-state index contributed by atoms with van der Waals surface area (Å²) < 4.78 is 0. The molecule has 1 aliphatic rings. The Morgan fingerprint density at radius 2 is 2.14 bits per heavy atom. The number of aromatic amines is 1. The van der Waals surface area contributed by atoms with Crippen molar-refractivity contribution >= 4 is 11.6 Å². The van der Waals surface area contributed by atoms with Gasteiger partial charge < -0.3 is 11.1 Å². The summed E-state index contributed by atoms with van der Waals surface area (Å²) in [6, 6.07) is 7.40. The summed E-state index contributed by atoms with van der Waals surface area (Å²) in [5, 5.41) is 16.6. The third-order valence-corrected chi connectivity index (χ3v) is 3.43. The number of aromatic nitrogens is 4. The Bertz CT molecular complexity index is 634. The molecule has 0 bridgehead atoms. The number of H-pyrrole nitrogens is 1. The summed E-state index contributed by atoms with van der Waals surface area (Å²) >= 11 is 0. The van der Waals surface area contributed by atoms with E-state index in [1.807, 2.05) is 36.4 Å². The summed E-state index contributed by atoms with van der Waals surface area (Å²) in [7, 11) is 0. The molecule has 7 heteroatoms. The number of benzene rings is 1. The van der Waals surface area contributed by atoms with Crippen LogP contribution in [0.4, 0.5) is 5.69 Å². The monoisotopic (exact) mass is 284 g/mol. The molecule has 0 fully saturated rings. The number of nitrogens with two attached hydrogens (primary N) is 1.